The molecule has 0 aliphatic carbocycles. The highest BCUT2D eigenvalue weighted by Crippen LogP contribution is 2.39. The van der Waals surface area contributed by atoms with Crippen LogP contribution < -0.4 is 5.32 Å². The van der Waals surface area contributed by atoms with E-state index in [0.29, 0.717) is 29.4 Å². The van der Waals surface area contributed by atoms with Gasteiger partial charge in [0.1, 0.15) is 5.37 Å². The normalized spacial score (nSPS) is 16.0. The summed E-state index contributed by atoms with van der Waals surface area (Å²) in [5.74, 6) is 0.479. The largest absolute Gasteiger partial charge is 0.348 e. The number of carbonyl (C=O) groups excluding carboxylic acids is 2. The monoisotopic (exact) mass is 436 g/mol. The molecule has 152 valence electrons. The van der Waals surface area contributed by atoms with Gasteiger partial charge in [0, 0.05) is 23.7 Å². The predicted octanol–water partition coefficient (Wildman–Crippen LogP) is 5.04. The number of amides is 2. The minimum Gasteiger partial charge on any atom is -0.348 e. The molecule has 1 saturated heterocycles. The minimum atomic E-state index is -0.132. The number of hydrogen-bond acceptors (Lipinski definition) is 3. The molecule has 30 heavy (non-hydrogen) atoms. The number of benzene rings is 3. The average Bonchev–Trinajstić information content (AvgIpc) is 3.14. The molecule has 6 heteroatoms. The molecule has 1 fully saturated rings. The fourth-order valence-electron chi connectivity index (χ4n) is 3.37. The molecular weight excluding hydrogens is 416 g/mol. The summed E-state index contributed by atoms with van der Waals surface area (Å²) in [5.41, 5.74) is 3.71. The lowest BCUT2D eigenvalue weighted by Crippen LogP contribution is -2.27. The van der Waals surface area contributed by atoms with Gasteiger partial charge in [-0.2, -0.15) is 0 Å². The third-order valence-corrected chi connectivity index (χ3v) is 6.50. The predicted molar refractivity (Wildman–Crippen MR) is 121 cm³/mol. The van der Waals surface area contributed by atoms with Crippen molar-refractivity contribution in [3.63, 3.8) is 0 Å². The molecule has 0 aromatic heterocycles. The smallest absolute Gasteiger partial charge is 0.251 e. The zero-order valence-electron chi connectivity index (χ0n) is 16.3. The Bertz CT molecular complexity index is 1020. The van der Waals surface area contributed by atoms with E-state index in [0.717, 1.165) is 16.7 Å². The van der Waals surface area contributed by atoms with Crippen molar-refractivity contribution in [2.24, 2.45) is 0 Å². The third kappa shape index (κ3) is 4.86. The summed E-state index contributed by atoms with van der Waals surface area (Å²) in [4.78, 5) is 26.8. The Balaban J connectivity index is 1.41. The van der Waals surface area contributed by atoms with Gasteiger partial charge in [-0.1, -0.05) is 66.2 Å². The second-order valence-corrected chi connectivity index (χ2v) is 8.61. The van der Waals surface area contributed by atoms with Crippen molar-refractivity contribution in [1.29, 1.82) is 0 Å². The van der Waals surface area contributed by atoms with Gasteiger partial charge < -0.3 is 10.2 Å². The van der Waals surface area contributed by atoms with Crippen molar-refractivity contribution in [3.05, 3.63) is 106 Å². The fraction of sp³-hybridized carbons (Fsp3) is 0.167. The summed E-state index contributed by atoms with van der Waals surface area (Å²) in [6, 6.07) is 24.9. The van der Waals surface area contributed by atoms with Crippen molar-refractivity contribution in [1.82, 2.24) is 10.2 Å². The molecule has 1 aliphatic heterocycles. The zero-order chi connectivity index (χ0) is 20.9. The van der Waals surface area contributed by atoms with Crippen LogP contribution in [0.4, 0.5) is 0 Å². The molecule has 0 bridgehead atoms. The molecular formula is C24H21ClN2O2S. The summed E-state index contributed by atoms with van der Waals surface area (Å²) in [7, 11) is 0. The number of hydrogen-bond donors (Lipinski definition) is 1. The molecule has 1 atom stereocenters. The van der Waals surface area contributed by atoms with Crippen LogP contribution in [0.25, 0.3) is 0 Å². The number of rotatable bonds is 6. The number of nitrogens with zero attached hydrogens (tertiary/aromatic N) is 1. The zero-order valence-corrected chi connectivity index (χ0v) is 17.8. The van der Waals surface area contributed by atoms with E-state index in [1.807, 2.05) is 71.6 Å². The van der Waals surface area contributed by atoms with Crippen LogP contribution >= 0.6 is 23.4 Å². The summed E-state index contributed by atoms with van der Waals surface area (Å²) in [5, 5.41) is 3.55. The van der Waals surface area contributed by atoms with Gasteiger partial charge in [-0.05, 0) is 41.0 Å². The fourth-order valence-corrected chi connectivity index (χ4v) is 4.68. The summed E-state index contributed by atoms with van der Waals surface area (Å²) >= 11 is 7.51. The lowest BCUT2D eigenvalue weighted by atomic mass is 10.1. The summed E-state index contributed by atoms with van der Waals surface area (Å²) < 4.78 is 0. The van der Waals surface area contributed by atoms with Gasteiger partial charge in [-0.15, -0.1) is 11.8 Å². The van der Waals surface area contributed by atoms with E-state index in [4.69, 9.17) is 11.6 Å². The molecule has 2 amide bonds. The Hall–Kier alpha value is -2.76. The Kier molecular flexibility index (Phi) is 6.41. The first-order valence-electron chi connectivity index (χ1n) is 9.68. The molecule has 1 heterocycles. The number of thioether (sulfide) groups is 1. The quantitative estimate of drug-likeness (QED) is 0.588. The van der Waals surface area contributed by atoms with E-state index in [-0.39, 0.29) is 17.2 Å². The molecule has 3 aromatic carbocycles. The maximum absolute atomic E-state index is 12.5. The molecule has 1 aliphatic rings. The topological polar surface area (TPSA) is 49.4 Å². The van der Waals surface area contributed by atoms with E-state index in [2.05, 4.69) is 5.32 Å². The lowest BCUT2D eigenvalue weighted by molar-refractivity contribution is -0.128. The van der Waals surface area contributed by atoms with Crippen LogP contribution in [0.5, 0.6) is 0 Å². The van der Waals surface area contributed by atoms with E-state index in [1.54, 1.807) is 23.9 Å². The second-order valence-electron chi connectivity index (χ2n) is 7.10. The third-order valence-electron chi connectivity index (χ3n) is 4.99. The van der Waals surface area contributed by atoms with Gasteiger partial charge in [0.25, 0.3) is 5.91 Å². The summed E-state index contributed by atoms with van der Waals surface area (Å²) in [6.45, 7) is 1.02. The molecule has 0 radical (unpaired) electrons. The van der Waals surface area contributed by atoms with Gasteiger partial charge in [-0.3, -0.25) is 9.59 Å². The lowest BCUT2D eigenvalue weighted by Gasteiger charge is -2.24. The van der Waals surface area contributed by atoms with Crippen LogP contribution in [0.2, 0.25) is 5.02 Å². The molecule has 1 unspecified atom stereocenters. The first kappa shape index (κ1) is 20.5. The molecule has 0 saturated carbocycles. The van der Waals surface area contributed by atoms with Crippen LogP contribution in [0.1, 0.15) is 32.4 Å². The van der Waals surface area contributed by atoms with Crippen LogP contribution in [0, 0.1) is 0 Å². The Labute approximate surface area is 185 Å². The first-order valence-corrected chi connectivity index (χ1v) is 11.1. The van der Waals surface area contributed by atoms with Crippen molar-refractivity contribution in [2.75, 3.05) is 5.75 Å². The van der Waals surface area contributed by atoms with E-state index >= 15 is 0 Å². The van der Waals surface area contributed by atoms with Crippen molar-refractivity contribution in [2.45, 2.75) is 18.5 Å². The van der Waals surface area contributed by atoms with Crippen molar-refractivity contribution >= 4 is 35.2 Å². The average molecular weight is 437 g/mol. The van der Waals surface area contributed by atoms with Gasteiger partial charge in [0.2, 0.25) is 5.91 Å². The highest BCUT2D eigenvalue weighted by molar-refractivity contribution is 8.00. The van der Waals surface area contributed by atoms with Crippen molar-refractivity contribution in [3.8, 4) is 0 Å². The second kappa shape index (κ2) is 9.37. The highest BCUT2D eigenvalue weighted by atomic mass is 35.5. The van der Waals surface area contributed by atoms with Gasteiger partial charge in [-0.25, -0.2) is 0 Å². The number of nitrogens with one attached hydrogen (secondary N) is 1. The Morgan fingerprint density at radius 3 is 2.37 bits per heavy atom. The highest BCUT2D eigenvalue weighted by Gasteiger charge is 2.32. The van der Waals surface area contributed by atoms with Crippen molar-refractivity contribution < 1.29 is 9.59 Å². The molecule has 4 rings (SSSR count). The maximum Gasteiger partial charge on any atom is 0.251 e. The first-order chi connectivity index (χ1) is 14.6. The van der Waals surface area contributed by atoms with Gasteiger partial charge >= 0.3 is 0 Å². The SMILES string of the molecule is O=C(NCc1ccc(Cl)cc1)c1ccc(C2SCC(=O)N2Cc2ccccc2)cc1. The maximum atomic E-state index is 12.5. The number of carbonyl (C=O) groups is 2. The number of halogens is 1. The van der Waals surface area contributed by atoms with Crippen LogP contribution in [-0.2, 0) is 17.9 Å². The van der Waals surface area contributed by atoms with Gasteiger partial charge in [0.15, 0.2) is 0 Å². The standard InChI is InChI=1S/C24H21ClN2O2S/c25-21-12-6-17(7-13-21)14-26-23(29)19-8-10-20(11-9-19)24-27(22(28)16-30-24)15-18-4-2-1-3-5-18/h1-13,24H,14-16H2,(H,26,29). The summed E-state index contributed by atoms with van der Waals surface area (Å²) in [6.07, 6.45) is 0. The van der Waals surface area contributed by atoms with Crippen LogP contribution in [0.15, 0.2) is 78.9 Å². The van der Waals surface area contributed by atoms with Gasteiger partial charge in [0.05, 0.1) is 5.75 Å². The van der Waals surface area contributed by atoms with E-state index < -0.39 is 0 Å². The molecule has 3 aromatic rings. The van der Waals surface area contributed by atoms with Crippen LogP contribution in [0.3, 0.4) is 0 Å². The van der Waals surface area contributed by atoms with Crippen LogP contribution in [-0.4, -0.2) is 22.5 Å². The molecule has 0 spiro atoms. The molecule has 1 N–H and O–H groups in total. The minimum absolute atomic E-state index is 0.0381. The molecule has 4 nitrogen and oxygen atoms in total. The Morgan fingerprint density at radius 1 is 0.967 bits per heavy atom. The Morgan fingerprint density at radius 2 is 1.67 bits per heavy atom. The van der Waals surface area contributed by atoms with E-state index in [9.17, 15) is 9.59 Å². The van der Waals surface area contributed by atoms with E-state index in [1.165, 1.54) is 0 Å².